The van der Waals surface area contributed by atoms with Crippen molar-refractivity contribution in [2.24, 2.45) is 4.99 Å². The molecule has 0 amide bonds. The Labute approximate surface area is 101 Å². The molecule has 0 aliphatic heterocycles. The van der Waals surface area contributed by atoms with E-state index in [0.29, 0.717) is 24.6 Å². The Bertz CT molecular complexity index is 446. The molecule has 0 radical (unpaired) electrons. The van der Waals surface area contributed by atoms with Gasteiger partial charge >= 0.3 is 0 Å². The minimum absolute atomic E-state index is 0.198. The molecule has 0 aliphatic carbocycles. The fourth-order valence-corrected chi connectivity index (χ4v) is 1.29. The van der Waals surface area contributed by atoms with Crippen LogP contribution < -0.4 is 10.6 Å². The highest BCUT2D eigenvalue weighted by Crippen LogP contribution is 2.08. The van der Waals surface area contributed by atoms with Gasteiger partial charge in [-0.15, -0.1) is 6.42 Å². The molecule has 0 bridgehead atoms. The van der Waals surface area contributed by atoms with E-state index in [2.05, 4.69) is 21.5 Å². The fourth-order valence-electron chi connectivity index (χ4n) is 1.29. The van der Waals surface area contributed by atoms with Crippen molar-refractivity contribution in [3.63, 3.8) is 0 Å². The summed E-state index contributed by atoms with van der Waals surface area (Å²) in [6, 6.07) is 5.14. The second-order valence-electron chi connectivity index (χ2n) is 3.57. The maximum Gasteiger partial charge on any atom is 0.192 e. The Kier molecular flexibility index (Phi) is 5.02. The number of aliphatic imine (C=N–C) groups is 1. The summed E-state index contributed by atoms with van der Waals surface area (Å²) in [6.07, 6.45) is 5.13. The first-order valence-corrected chi connectivity index (χ1v) is 5.30. The minimum Gasteiger partial charge on any atom is -0.352 e. The molecule has 1 aromatic rings. The second-order valence-corrected chi connectivity index (χ2v) is 3.57. The minimum atomic E-state index is -0.198. The van der Waals surface area contributed by atoms with Gasteiger partial charge in [0, 0.05) is 13.6 Å². The van der Waals surface area contributed by atoms with Crippen LogP contribution in [0.15, 0.2) is 23.2 Å². The Morgan fingerprint density at radius 3 is 2.82 bits per heavy atom. The molecule has 3 nitrogen and oxygen atoms in total. The molecule has 17 heavy (non-hydrogen) atoms. The van der Waals surface area contributed by atoms with Crippen molar-refractivity contribution in [3.8, 4) is 12.3 Å². The average Bonchev–Trinajstić information content (AvgIpc) is 2.34. The first-order chi connectivity index (χ1) is 8.17. The zero-order valence-corrected chi connectivity index (χ0v) is 10.0. The molecule has 0 aromatic heterocycles. The molecule has 0 spiro atoms. The zero-order chi connectivity index (χ0) is 12.7. The number of nitrogens with one attached hydrogen (secondary N) is 2. The predicted molar refractivity (Wildman–Crippen MR) is 68.2 cm³/mol. The largest absolute Gasteiger partial charge is 0.352 e. The normalized spacial score (nSPS) is 10.8. The van der Waals surface area contributed by atoms with E-state index in [1.807, 2.05) is 6.07 Å². The van der Waals surface area contributed by atoms with Gasteiger partial charge in [-0.05, 0) is 24.1 Å². The van der Waals surface area contributed by atoms with Crippen LogP contribution in [0.4, 0.5) is 4.39 Å². The summed E-state index contributed by atoms with van der Waals surface area (Å²) in [5.74, 6) is 2.86. The van der Waals surface area contributed by atoms with Gasteiger partial charge in [-0.2, -0.15) is 0 Å². The number of halogens is 1. The van der Waals surface area contributed by atoms with Crippen molar-refractivity contribution in [3.05, 3.63) is 35.1 Å². The number of aryl methyl sites for hydroxylation is 1. The average molecular weight is 233 g/mol. The van der Waals surface area contributed by atoms with Gasteiger partial charge in [0.2, 0.25) is 0 Å². The van der Waals surface area contributed by atoms with E-state index >= 15 is 0 Å². The Balaban J connectivity index is 2.55. The molecule has 0 unspecified atom stereocenters. The third kappa shape index (κ3) is 4.15. The van der Waals surface area contributed by atoms with Crippen LogP contribution in [0.2, 0.25) is 0 Å². The van der Waals surface area contributed by atoms with Crippen LogP contribution in [0.1, 0.15) is 11.1 Å². The molecule has 90 valence electrons. The third-order valence-corrected chi connectivity index (χ3v) is 2.28. The van der Waals surface area contributed by atoms with Gasteiger partial charge < -0.3 is 10.6 Å². The van der Waals surface area contributed by atoms with Gasteiger partial charge in [0.05, 0.1) is 6.54 Å². The number of benzene rings is 1. The highest BCUT2D eigenvalue weighted by Gasteiger charge is 2.00. The van der Waals surface area contributed by atoms with Crippen molar-refractivity contribution in [2.75, 3.05) is 13.6 Å². The van der Waals surface area contributed by atoms with Gasteiger partial charge in [-0.25, -0.2) is 4.39 Å². The Hall–Kier alpha value is -2.02. The summed E-state index contributed by atoms with van der Waals surface area (Å²) >= 11 is 0. The van der Waals surface area contributed by atoms with Crippen molar-refractivity contribution in [1.82, 2.24) is 10.6 Å². The van der Waals surface area contributed by atoms with E-state index in [4.69, 9.17) is 6.42 Å². The van der Waals surface area contributed by atoms with Gasteiger partial charge in [0.15, 0.2) is 5.96 Å². The molecule has 1 rings (SSSR count). The molecular weight excluding hydrogens is 217 g/mol. The summed E-state index contributed by atoms with van der Waals surface area (Å²) in [7, 11) is 1.65. The molecule has 0 aliphatic rings. The van der Waals surface area contributed by atoms with Crippen LogP contribution in [-0.4, -0.2) is 19.6 Å². The smallest absolute Gasteiger partial charge is 0.192 e. The summed E-state index contributed by atoms with van der Waals surface area (Å²) in [6.45, 7) is 2.64. The third-order valence-electron chi connectivity index (χ3n) is 2.28. The highest BCUT2D eigenvalue weighted by molar-refractivity contribution is 5.79. The fraction of sp³-hybridized carbons (Fsp3) is 0.308. The van der Waals surface area contributed by atoms with E-state index in [1.165, 1.54) is 6.07 Å². The number of hydrogen-bond donors (Lipinski definition) is 2. The van der Waals surface area contributed by atoms with Crippen molar-refractivity contribution in [1.29, 1.82) is 0 Å². The second kappa shape index (κ2) is 6.54. The maximum atomic E-state index is 13.3. The molecule has 2 N–H and O–H groups in total. The lowest BCUT2D eigenvalue weighted by atomic mass is 10.1. The van der Waals surface area contributed by atoms with E-state index < -0.39 is 0 Å². The standard InChI is InChI=1S/C13H16FN3/c1-4-7-16-13(15-3)17-9-11-6-5-10(2)12(14)8-11/h1,5-6,8H,7,9H2,2-3H3,(H2,15,16,17). The molecule has 0 saturated carbocycles. The van der Waals surface area contributed by atoms with Crippen LogP contribution in [0.5, 0.6) is 0 Å². The van der Waals surface area contributed by atoms with Gasteiger partial charge in [-0.3, -0.25) is 4.99 Å². The lowest BCUT2D eigenvalue weighted by Crippen LogP contribution is -2.36. The molecule has 0 heterocycles. The van der Waals surface area contributed by atoms with E-state index in [0.717, 1.165) is 5.56 Å². The van der Waals surface area contributed by atoms with Crippen molar-refractivity contribution >= 4 is 5.96 Å². The Morgan fingerprint density at radius 2 is 2.24 bits per heavy atom. The summed E-state index contributed by atoms with van der Waals surface area (Å²) in [5, 5.41) is 5.97. The number of hydrogen-bond acceptors (Lipinski definition) is 1. The lowest BCUT2D eigenvalue weighted by Gasteiger charge is -2.10. The predicted octanol–water partition coefficient (Wildman–Crippen LogP) is 1.43. The molecule has 0 atom stereocenters. The van der Waals surface area contributed by atoms with Crippen LogP contribution in [0.3, 0.4) is 0 Å². The first kappa shape index (κ1) is 13.0. The monoisotopic (exact) mass is 233 g/mol. The number of terminal acetylenes is 1. The molecule has 4 heteroatoms. The quantitative estimate of drug-likeness (QED) is 0.471. The molecular formula is C13H16FN3. The van der Waals surface area contributed by atoms with Crippen molar-refractivity contribution in [2.45, 2.75) is 13.5 Å². The van der Waals surface area contributed by atoms with Crippen LogP contribution >= 0.6 is 0 Å². The van der Waals surface area contributed by atoms with Crippen LogP contribution in [0, 0.1) is 25.1 Å². The summed E-state index contributed by atoms with van der Waals surface area (Å²) in [4.78, 5) is 3.99. The lowest BCUT2D eigenvalue weighted by molar-refractivity contribution is 0.615. The number of guanidine groups is 1. The van der Waals surface area contributed by atoms with Crippen LogP contribution in [0.25, 0.3) is 0 Å². The highest BCUT2D eigenvalue weighted by atomic mass is 19.1. The van der Waals surface area contributed by atoms with E-state index in [1.54, 1.807) is 20.0 Å². The number of nitrogens with zero attached hydrogens (tertiary/aromatic N) is 1. The molecule has 1 aromatic carbocycles. The summed E-state index contributed by atoms with van der Waals surface area (Å²) in [5.41, 5.74) is 1.50. The Morgan fingerprint density at radius 1 is 1.47 bits per heavy atom. The van der Waals surface area contributed by atoms with Gasteiger partial charge in [0.25, 0.3) is 0 Å². The summed E-state index contributed by atoms with van der Waals surface area (Å²) < 4.78 is 13.3. The molecule has 0 fully saturated rings. The van der Waals surface area contributed by atoms with Gasteiger partial charge in [0.1, 0.15) is 5.82 Å². The van der Waals surface area contributed by atoms with E-state index in [9.17, 15) is 4.39 Å². The number of rotatable bonds is 3. The SMILES string of the molecule is C#CCNC(=NC)NCc1ccc(C)c(F)c1. The van der Waals surface area contributed by atoms with E-state index in [-0.39, 0.29) is 5.82 Å². The maximum absolute atomic E-state index is 13.3. The molecule has 0 saturated heterocycles. The topological polar surface area (TPSA) is 36.4 Å². The first-order valence-electron chi connectivity index (χ1n) is 5.30. The van der Waals surface area contributed by atoms with Crippen molar-refractivity contribution < 1.29 is 4.39 Å². The van der Waals surface area contributed by atoms with Gasteiger partial charge in [-0.1, -0.05) is 18.1 Å². The zero-order valence-electron chi connectivity index (χ0n) is 10.0. The van der Waals surface area contributed by atoms with Crippen LogP contribution in [-0.2, 0) is 6.54 Å².